The minimum Gasteiger partial charge on any atom is -0.417 e. The fourth-order valence-corrected chi connectivity index (χ4v) is 4.38. The van der Waals surface area contributed by atoms with Crippen molar-refractivity contribution in [2.45, 2.75) is 25.9 Å². The molecule has 2 atom stereocenters. The highest BCUT2D eigenvalue weighted by Gasteiger charge is 2.43. The number of piperazine rings is 1. The van der Waals surface area contributed by atoms with Gasteiger partial charge >= 0.3 is 11.5 Å². The Morgan fingerprint density at radius 3 is 2.76 bits per heavy atom. The Kier molecular flexibility index (Phi) is 4.18. The van der Waals surface area contributed by atoms with E-state index >= 15 is 0 Å². The first-order valence-electron chi connectivity index (χ1n) is 7.62. The first-order chi connectivity index (χ1) is 11.8. The molecule has 132 valence electrons. The van der Waals surface area contributed by atoms with Crippen LogP contribution < -0.4 is 15.2 Å². The predicted molar refractivity (Wildman–Crippen MR) is 107 cm³/mol. The van der Waals surface area contributed by atoms with Crippen LogP contribution in [0.4, 0.5) is 10.1 Å². The molecule has 2 aromatic heterocycles. The van der Waals surface area contributed by atoms with Crippen LogP contribution in [0.25, 0.3) is 11.0 Å². The molecule has 4 rings (SSSR count). The summed E-state index contributed by atoms with van der Waals surface area (Å²) in [6.45, 7) is 4.59. The summed E-state index contributed by atoms with van der Waals surface area (Å²) in [4.78, 5) is 31.2. The number of nitrogens with zero attached hydrogens (tertiary/aromatic N) is 4. The fourth-order valence-electron chi connectivity index (χ4n) is 3.24. The smallest absolute Gasteiger partial charge is 0.335 e. The van der Waals surface area contributed by atoms with E-state index in [0.717, 1.165) is 0 Å². The summed E-state index contributed by atoms with van der Waals surface area (Å²) in [5, 5.41) is 0.471. The lowest BCUT2D eigenvalue weighted by molar-refractivity contribution is -0.137. The van der Waals surface area contributed by atoms with Gasteiger partial charge in [-0.05, 0) is 19.9 Å². The van der Waals surface area contributed by atoms with E-state index in [1.54, 1.807) is 29.8 Å². The SMILES string of the molecule is Cc1nc2c(cc1F)c1c(c(=O)n2I)OC(=O)C2CN(I)C(C)CN12. The van der Waals surface area contributed by atoms with Gasteiger partial charge in [-0.1, -0.05) is 0 Å². The molecule has 2 unspecified atom stereocenters. The number of aryl methyl sites for hydroxylation is 1. The number of carbonyl (C=O) groups excluding carboxylic acids is 1. The molecule has 0 bridgehead atoms. The molecule has 0 radical (unpaired) electrons. The van der Waals surface area contributed by atoms with Gasteiger partial charge in [0.05, 0.1) is 34.2 Å². The minimum atomic E-state index is -0.530. The lowest BCUT2D eigenvalue weighted by Crippen LogP contribution is -2.60. The highest BCUT2D eigenvalue weighted by molar-refractivity contribution is 14.1. The molecule has 25 heavy (non-hydrogen) atoms. The molecule has 0 aliphatic carbocycles. The zero-order valence-corrected chi connectivity index (χ0v) is 17.6. The van der Waals surface area contributed by atoms with Crippen molar-refractivity contribution in [3.63, 3.8) is 0 Å². The summed E-state index contributed by atoms with van der Waals surface area (Å²) >= 11 is 3.98. The molecular weight excluding hydrogens is 557 g/mol. The molecule has 7 nitrogen and oxygen atoms in total. The van der Waals surface area contributed by atoms with Crippen molar-refractivity contribution >= 4 is 68.4 Å². The fraction of sp³-hybridized carbons (Fsp3) is 0.400. The van der Waals surface area contributed by atoms with Crippen molar-refractivity contribution in [3.8, 4) is 5.75 Å². The normalized spacial score (nSPS) is 23.4. The highest BCUT2D eigenvalue weighted by Crippen LogP contribution is 2.40. The molecule has 0 aromatic carbocycles. The molecule has 2 aliphatic rings. The van der Waals surface area contributed by atoms with Gasteiger partial charge in [0.2, 0.25) is 5.75 Å². The summed E-state index contributed by atoms with van der Waals surface area (Å²) in [5.74, 6) is -0.976. The Hall–Kier alpha value is -1.02. The Balaban J connectivity index is 2.06. The molecule has 2 aliphatic heterocycles. The average molecular weight is 570 g/mol. The Labute approximate surface area is 170 Å². The minimum absolute atomic E-state index is 0.0534. The molecule has 0 spiro atoms. The van der Waals surface area contributed by atoms with Crippen LogP contribution in [0.15, 0.2) is 10.9 Å². The van der Waals surface area contributed by atoms with Gasteiger partial charge in [-0.15, -0.1) is 0 Å². The second kappa shape index (κ2) is 6.01. The lowest BCUT2D eigenvalue weighted by atomic mass is 10.0. The first kappa shape index (κ1) is 17.4. The average Bonchev–Trinajstić information content (AvgIpc) is 2.56. The second-order valence-electron chi connectivity index (χ2n) is 6.21. The maximum atomic E-state index is 14.2. The molecule has 0 amide bonds. The summed E-state index contributed by atoms with van der Waals surface area (Å²) in [6, 6.07) is 0.996. The number of hydrogen-bond acceptors (Lipinski definition) is 6. The standard InChI is InChI=1S/C15H13FI2N4O3/c1-6-4-20-10(5-21(6)17)15(24)25-12-11(20)8-3-9(16)7(2)19-13(8)22(18)14(12)23/h3,6,10H,4-5H2,1-2H3. The molecule has 2 aromatic rings. The van der Waals surface area contributed by atoms with Crippen LogP contribution in [0.3, 0.4) is 0 Å². The first-order valence-corrected chi connectivity index (χ1v) is 9.55. The van der Waals surface area contributed by atoms with Gasteiger partial charge in [0.25, 0.3) is 0 Å². The van der Waals surface area contributed by atoms with Crippen LogP contribution in [0.1, 0.15) is 12.6 Å². The number of fused-ring (bicyclic) bond motifs is 5. The molecule has 4 heterocycles. The molecule has 0 N–H and O–H groups in total. The van der Waals surface area contributed by atoms with E-state index in [4.69, 9.17) is 4.74 Å². The number of pyridine rings is 2. The summed E-state index contributed by atoms with van der Waals surface area (Å²) in [5.41, 5.74) is 0.579. The van der Waals surface area contributed by atoms with Crippen molar-refractivity contribution < 1.29 is 13.9 Å². The van der Waals surface area contributed by atoms with Gasteiger partial charge < -0.3 is 9.64 Å². The Morgan fingerprint density at radius 1 is 1.32 bits per heavy atom. The third kappa shape index (κ3) is 2.55. The summed E-state index contributed by atoms with van der Waals surface area (Å²) < 4.78 is 22.9. The largest absolute Gasteiger partial charge is 0.417 e. The third-order valence-corrected chi connectivity index (χ3v) is 6.82. The van der Waals surface area contributed by atoms with E-state index in [1.807, 2.05) is 14.9 Å². The van der Waals surface area contributed by atoms with E-state index in [2.05, 4.69) is 27.8 Å². The van der Waals surface area contributed by atoms with E-state index in [-0.39, 0.29) is 17.5 Å². The van der Waals surface area contributed by atoms with Crippen LogP contribution in [0.2, 0.25) is 0 Å². The van der Waals surface area contributed by atoms with Crippen LogP contribution in [0, 0.1) is 12.7 Å². The van der Waals surface area contributed by atoms with Gasteiger partial charge in [-0.25, -0.2) is 20.1 Å². The van der Waals surface area contributed by atoms with Crippen molar-refractivity contribution in [2.24, 2.45) is 0 Å². The van der Waals surface area contributed by atoms with Gasteiger partial charge in [-0.2, -0.15) is 0 Å². The number of aromatic nitrogens is 2. The Bertz CT molecular complexity index is 980. The number of ether oxygens (including phenoxy) is 1. The predicted octanol–water partition coefficient (Wildman–Crippen LogP) is 2.19. The van der Waals surface area contributed by atoms with Crippen LogP contribution in [-0.2, 0) is 4.79 Å². The number of halogens is 3. The van der Waals surface area contributed by atoms with Gasteiger partial charge in [0.1, 0.15) is 11.9 Å². The zero-order chi connectivity index (χ0) is 18.0. The van der Waals surface area contributed by atoms with E-state index in [0.29, 0.717) is 29.8 Å². The lowest BCUT2D eigenvalue weighted by Gasteiger charge is -2.45. The van der Waals surface area contributed by atoms with Crippen molar-refractivity contribution in [2.75, 3.05) is 18.0 Å². The number of anilines is 1. The van der Waals surface area contributed by atoms with E-state index < -0.39 is 23.4 Å². The quantitative estimate of drug-likeness (QED) is 0.275. The molecule has 10 heteroatoms. The monoisotopic (exact) mass is 570 g/mol. The molecule has 1 fully saturated rings. The van der Waals surface area contributed by atoms with Gasteiger partial charge in [0, 0.05) is 47.4 Å². The zero-order valence-electron chi connectivity index (χ0n) is 13.3. The third-order valence-electron chi connectivity index (χ3n) is 4.58. The maximum absolute atomic E-state index is 14.2. The molecule has 0 saturated carbocycles. The number of hydrogen-bond donors (Lipinski definition) is 0. The van der Waals surface area contributed by atoms with E-state index in [1.165, 1.54) is 8.85 Å². The van der Waals surface area contributed by atoms with Gasteiger partial charge in [0.15, 0.2) is 5.65 Å². The number of esters is 1. The van der Waals surface area contributed by atoms with Crippen molar-refractivity contribution in [3.05, 3.63) is 27.9 Å². The molecule has 1 saturated heterocycles. The summed E-state index contributed by atoms with van der Waals surface area (Å²) in [6.07, 6.45) is 0. The summed E-state index contributed by atoms with van der Waals surface area (Å²) in [7, 11) is 0. The van der Waals surface area contributed by atoms with Gasteiger partial charge in [-0.3, -0.25) is 4.79 Å². The molecular formula is C15H13FI2N4O3. The van der Waals surface area contributed by atoms with Crippen molar-refractivity contribution in [1.29, 1.82) is 0 Å². The van der Waals surface area contributed by atoms with E-state index in [9.17, 15) is 14.0 Å². The van der Waals surface area contributed by atoms with Crippen molar-refractivity contribution in [1.82, 2.24) is 10.9 Å². The highest BCUT2D eigenvalue weighted by atomic mass is 127. The van der Waals surface area contributed by atoms with Crippen LogP contribution in [0.5, 0.6) is 5.75 Å². The number of rotatable bonds is 0. The Morgan fingerprint density at radius 2 is 2.04 bits per heavy atom. The topological polar surface area (TPSA) is 67.7 Å². The van der Waals surface area contributed by atoms with Crippen LogP contribution >= 0.6 is 45.7 Å². The van der Waals surface area contributed by atoms with Crippen LogP contribution in [-0.4, -0.2) is 42.0 Å². The number of carbonyl (C=O) groups is 1. The second-order valence-corrected chi connectivity index (χ2v) is 8.42. The maximum Gasteiger partial charge on any atom is 0.335 e.